The Kier molecular flexibility index (Phi) is 3.33. The molecule has 1 aromatic rings. The van der Waals surface area contributed by atoms with Crippen LogP contribution in [0.3, 0.4) is 0 Å². The number of hydrogen-bond donors (Lipinski definition) is 1. The third-order valence-corrected chi connectivity index (χ3v) is 3.94. The highest BCUT2D eigenvalue weighted by molar-refractivity contribution is 7.99. The smallest absolute Gasteiger partial charge is 0.327 e. The van der Waals surface area contributed by atoms with Crippen LogP contribution in [0.4, 0.5) is 0 Å². The van der Waals surface area contributed by atoms with Crippen LogP contribution in [-0.4, -0.2) is 38.7 Å². The summed E-state index contributed by atoms with van der Waals surface area (Å²) >= 11 is 1.45. The lowest BCUT2D eigenvalue weighted by Crippen LogP contribution is -2.41. The van der Waals surface area contributed by atoms with E-state index in [9.17, 15) is 9.59 Å². The van der Waals surface area contributed by atoms with Crippen LogP contribution in [0.5, 0.6) is 0 Å². The first-order valence-corrected chi connectivity index (χ1v) is 6.19. The topological polar surface area (TPSA) is 70.5 Å². The normalized spacial score (nSPS) is 23.7. The van der Waals surface area contributed by atoms with Gasteiger partial charge in [0.1, 0.15) is 11.4 Å². The van der Waals surface area contributed by atoms with Crippen molar-refractivity contribution < 1.29 is 14.7 Å². The molecule has 0 aliphatic carbocycles. The highest BCUT2D eigenvalue weighted by Gasteiger charge is 2.40. The average Bonchev–Trinajstić information content (AvgIpc) is 2.74. The third kappa shape index (κ3) is 2.26. The van der Waals surface area contributed by atoms with Gasteiger partial charge in [-0.1, -0.05) is 6.07 Å². The van der Waals surface area contributed by atoms with E-state index >= 15 is 0 Å². The lowest BCUT2D eigenvalue weighted by molar-refractivity contribution is -0.148. The number of carboxylic acids is 1. The van der Waals surface area contributed by atoms with Gasteiger partial charge < -0.3 is 10.0 Å². The summed E-state index contributed by atoms with van der Waals surface area (Å²) in [7, 11) is 0. The van der Waals surface area contributed by atoms with Crippen molar-refractivity contribution in [1.29, 1.82) is 0 Å². The fourth-order valence-corrected chi connectivity index (χ4v) is 3.32. The number of aliphatic carboxylic acids is 1. The van der Waals surface area contributed by atoms with Gasteiger partial charge in [-0.2, -0.15) is 0 Å². The summed E-state index contributed by atoms with van der Waals surface area (Å²) in [6.45, 7) is 1.39. The molecule has 2 atom stereocenters. The van der Waals surface area contributed by atoms with Gasteiger partial charge in [-0.05, 0) is 6.07 Å². The fraction of sp³-hybridized carbons (Fsp3) is 0.364. The SMILES string of the molecule is CC(=O)N1C(C(=O)O)CSC1c1cccnc1. The summed E-state index contributed by atoms with van der Waals surface area (Å²) in [5.41, 5.74) is 0.858. The van der Waals surface area contributed by atoms with Crippen molar-refractivity contribution in [2.45, 2.75) is 18.3 Å². The Morgan fingerprint density at radius 2 is 2.35 bits per heavy atom. The van der Waals surface area contributed by atoms with Crippen LogP contribution < -0.4 is 0 Å². The maximum atomic E-state index is 11.6. The highest BCUT2D eigenvalue weighted by Crippen LogP contribution is 2.40. The highest BCUT2D eigenvalue weighted by atomic mass is 32.2. The first-order chi connectivity index (χ1) is 8.11. The van der Waals surface area contributed by atoms with Gasteiger partial charge >= 0.3 is 5.97 Å². The van der Waals surface area contributed by atoms with E-state index in [0.717, 1.165) is 5.56 Å². The van der Waals surface area contributed by atoms with Crippen molar-refractivity contribution in [3.05, 3.63) is 30.1 Å². The minimum Gasteiger partial charge on any atom is -0.480 e. The summed E-state index contributed by atoms with van der Waals surface area (Å²) in [5, 5.41) is 8.83. The van der Waals surface area contributed by atoms with Gasteiger partial charge in [0.15, 0.2) is 0 Å². The summed E-state index contributed by atoms with van der Waals surface area (Å²) < 4.78 is 0. The maximum absolute atomic E-state index is 11.6. The molecule has 1 aliphatic heterocycles. The monoisotopic (exact) mass is 252 g/mol. The number of thioether (sulfide) groups is 1. The van der Waals surface area contributed by atoms with Crippen LogP contribution in [0.2, 0.25) is 0 Å². The van der Waals surface area contributed by atoms with Crippen LogP contribution in [-0.2, 0) is 9.59 Å². The minimum atomic E-state index is -0.959. The predicted octanol–water partition coefficient (Wildman–Crippen LogP) is 1.13. The molecule has 1 aromatic heterocycles. The molecule has 6 heteroatoms. The maximum Gasteiger partial charge on any atom is 0.327 e. The summed E-state index contributed by atoms with van der Waals surface area (Å²) in [5.74, 6) is -0.774. The van der Waals surface area contributed by atoms with E-state index in [1.165, 1.54) is 23.6 Å². The van der Waals surface area contributed by atoms with Crippen molar-refractivity contribution in [3.8, 4) is 0 Å². The Morgan fingerprint density at radius 3 is 2.88 bits per heavy atom. The van der Waals surface area contributed by atoms with Crippen molar-refractivity contribution in [3.63, 3.8) is 0 Å². The zero-order valence-corrected chi connectivity index (χ0v) is 10.1. The Bertz CT molecular complexity index is 438. The summed E-state index contributed by atoms with van der Waals surface area (Å²) in [6, 6.07) is 2.88. The van der Waals surface area contributed by atoms with Crippen molar-refractivity contribution >= 4 is 23.6 Å². The van der Waals surface area contributed by atoms with Crippen molar-refractivity contribution in [2.75, 3.05) is 5.75 Å². The standard InChI is InChI=1S/C11H12N2O3S/c1-7(14)13-9(11(15)16)6-17-10(13)8-3-2-4-12-5-8/h2-5,9-10H,6H2,1H3,(H,15,16). The lowest BCUT2D eigenvalue weighted by atomic mass is 10.2. The second-order valence-corrected chi connectivity index (χ2v) is 4.87. The molecule has 0 bridgehead atoms. The molecule has 17 heavy (non-hydrogen) atoms. The Labute approximate surface area is 103 Å². The van der Waals surface area contributed by atoms with Crippen molar-refractivity contribution in [1.82, 2.24) is 9.88 Å². The molecule has 1 N–H and O–H groups in total. The number of carbonyl (C=O) groups is 2. The van der Waals surface area contributed by atoms with Gasteiger partial charge in [0, 0.05) is 30.6 Å². The molecular weight excluding hydrogens is 240 g/mol. The number of rotatable bonds is 2. The molecule has 2 unspecified atom stereocenters. The molecule has 0 spiro atoms. The molecule has 5 nitrogen and oxygen atoms in total. The van der Waals surface area contributed by atoms with Gasteiger partial charge in [0.05, 0.1) is 0 Å². The molecule has 1 aliphatic rings. The summed E-state index contributed by atoms with van der Waals surface area (Å²) in [4.78, 5) is 28.0. The Hall–Kier alpha value is -1.56. The number of nitrogens with zero attached hydrogens (tertiary/aromatic N) is 2. The quantitative estimate of drug-likeness (QED) is 0.854. The van der Waals surface area contributed by atoms with Crippen LogP contribution in [0.25, 0.3) is 0 Å². The molecule has 1 fully saturated rings. The van der Waals surface area contributed by atoms with Crippen LogP contribution in [0, 0.1) is 0 Å². The lowest BCUT2D eigenvalue weighted by Gasteiger charge is -2.25. The first kappa shape index (κ1) is 11.9. The molecular formula is C11H12N2O3S. The van der Waals surface area contributed by atoms with E-state index in [4.69, 9.17) is 5.11 Å². The molecule has 0 aromatic carbocycles. The predicted molar refractivity (Wildman–Crippen MR) is 63.4 cm³/mol. The number of carbonyl (C=O) groups excluding carboxylic acids is 1. The van der Waals surface area contributed by atoms with Gasteiger partial charge in [-0.25, -0.2) is 4.79 Å². The van der Waals surface area contributed by atoms with E-state index < -0.39 is 12.0 Å². The molecule has 1 amide bonds. The average molecular weight is 252 g/mol. The van der Waals surface area contributed by atoms with E-state index in [0.29, 0.717) is 5.75 Å². The minimum absolute atomic E-state index is 0.226. The van der Waals surface area contributed by atoms with E-state index in [1.54, 1.807) is 18.5 Å². The molecule has 2 rings (SSSR count). The number of amides is 1. The Morgan fingerprint density at radius 1 is 1.59 bits per heavy atom. The van der Waals surface area contributed by atoms with E-state index in [2.05, 4.69) is 4.98 Å². The van der Waals surface area contributed by atoms with Crippen LogP contribution in [0.1, 0.15) is 17.9 Å². The van der Waals surface area contributed by atoms with Gasteiger partial charge in [0.2, 0.25) is 5.91 Å². The van der Waals surface area contributed by atoms with Crippen molar-refractivity contribution in [2.24, 2.45) is 0 Å². The molecule has 0 radical (unpaired) electrons. The Balaban J connectivity index is 2.30. The largest absolute Gasteiger partial charge is 0.480 e. The fourth-order valence-electron chi connectivity index (χ4n) is 1.86. The second kappa shape index (κ2) is 4.75. The number of hydrogen-bond acceptors (Lipinski definition) is 4. The number of aromatic nitrogens is 1. The van der Waals surface area contributed by atoms with Gasteiger partial charge in [0.25, 0.3) is 0 Å². The van der Waals surface area contributed by atoms with Gasteiger partial charge in [-0.15, -0.1) is 11.8 Å². The zero-order chi connectivity index (χ0) is 12.4. The summed E-state index contributed by atoms with van der Waals surface area (Å²) in [6.07, 6.45) is 3.31. The first-order valence-electron chi connectivity index (χ1n) is 5.14. The molecule has 1 saturated heterocycles. The van der Waals surface area contributed by atoms with Crippen LogP contribution >= 0.6 is 11.8 Å². The van der Waals surface area contributed by atoms with Gasteiger partial charge in [-0.3, -0.25) is 9.78 Å². The second-order valence-electron chi connectivity index (χ2n) is 3.75. The van der Waals surface area contributed by atoms with E-state index in [1.807, 2.05) is 6.07 Å². The van der Waals surface area contributed by atoms with Crippen LogP contribution in [0.15, 0.2) is 24.5 Å². The molecule has 2 heterocycles. The zero-order valence-electron chi connectivity index (χ0n) is 9.24. The number of carboxylic acid groups (broad SMARTS) is 1. The molecule has 0 saturated carbocycles. The molecule has 90 valence electrons. The number of pyridine rings is 1. The van der Waals surface area contributed by atoms with E-state index in [-0.39, 0.29) is 11.3 Å². The third-order valence-electron chi connectivity index (χ3n) is 2.62.